The summed E-state index contributed by atoms with van der Waals surface area (Å²) in [5.41, 5.74) is 1.95. The second-order valence-electron chi connectivity index (χ2n) is 7.82. The van der Waals surface area contributed by atoms with Crippen molar-refractivity contribution in [3.05, 3.63) is 59.4 Å². The van der Waals surface area contributed by atoms with Gasteiger partial charge in [0.15, 0.2) is 11.5 Å². The minimum Gasteiger partial charge on any atom is -0.454 e. The summed E-state index contributed by atoms with van der Waals surface area (Å²) in [6, 6.07) is 12.5. The first-order valence-corrected chi connectivity index (χ1v) is 9.83. The van der Waals surface area contributed by atoms with Crippen LogP contribution in [0.25, 0.3) is 0 Å². The average Bonchev–Trinajstić information content (AvgIpc) is 3.40. The first kappa shape index (κ1) is 20.0. The number of nitrogens with zero attached hydrogens (tertiary/aromatic N) is 1. The van der Waals surface area contributed by atoms with Crippen LogP contribution in [0.5, 0.6) is 11.5 Å². The highest BCUT2D eigenvalue weighted by atomic mass is 35.5. The van der Waals surface area contributed by atoms with Crippen molar-refractivity contribution < 1.29 is 18.7 Å². The van der Waals surface area contributed by atoms with Crippen LogP contribution in [0.2, 0.25) is 0 Å². The number of likely N-dealkylation sites (tertiary alicyclic amines) is 1. The Kier molecular flexibility index (Phi) is 5.65. The van der Waals surface area contributed by atoms with E-state index in [1.165, 1.54) is 6.07 Å². The maximum atomic E-state index is 13.8. The fraction of sp³-hybridized carbons (Fsp3) is 0.409. The van der Waals surface area contributed by atoms with E-state index in [-0.39, 0.29) is 37.0 Å². The molecule has 3 aliphatic rings. The Labute approximate surface area is 175 Å². The van der Waals surface area contributed by atoms with Crippen LogP contribution < -0.4 is 14.8 Å². The Morgan fingerprint density at radius 2 is 2.00 bits per heavy atom. The van der Waals surface area contributed by atoms with Gasteiger partial charge < -0.3 is 19.7 Å². The number of amides is 1. The van der Waals surface area contributed by atoms with Crippen molar-refractivity contribution >= 4 is 18.3 Å². The van der Waals surface area contributed by atoms with Crippen molar-refractivity contribution in [2.24, 2.45) is 11.8 Å². The summed E-state index contributed by atoms with van der Waals surface area (Å²) in [4.78, 5) is 15.1. The van der Waals surface area contributed by atoms with Crippen LogP contribution >= 0.6 is 12.4 Å². The van der Waals surface area contributed by atoms with Crippen molar-refractivity contribution in [2.75, 3.05) is 26.4 Å². The van der Waals surface area contributed by atoms with Crippen LogP contribution in [0.1, 0.15) is 23.6 Å². The highest BCUT2D eigenvalue weighted by Crippen LogP contribution is 2.43. The molecule has 0 unspecified atom stereocenters. The molecule has 3 atom stereocenters. The number of hydrogen-bond donors (Lipinski definition) is 1. The molecule has 0 aromatic heterocycles. The van der Waals surface area contributed by atoms with Crippen molar-refractivity contribution in [3.8, 4) is 11.5 Å². The van der Waals surface area contributed by atoms with E-state index in [1.54, 1.807) is 12.1 Å². The third-order valence-electron chi connectivity index (χ3n) is 6.14. The third-order valence-corrected chi connectivity index (χ3v) is 6.14. The van der Waals surface area contributed by atoms with Gasteiger partial charge in [-0.2, -0.15) is 0 Å². The molecule has 0 aliphatic carbocycles. The van der Waals surface area contributed by atoms with E-state index in [0.717, 1.165) is 42.3 Å². The van der Waals surface area contributed by atoms with Crippen LogP contribution in [0, 0.1) is 17.7 Å². The predicted octanol–water partition coefficient (Wildman–Crippen LogP) is 3.33. The molecule has 5 nitrogen and oxygen atoms in total. The van der Waals surface area contributed by atoms with Crippen LogP contribution in [0.4, 0.5) is 4.39 Å². The molecule has 2 aromatic rings. The number of hydrogen-bond acceptors (Lipinski definition) is 4. The molecule has 0 saturated carbocycles. The first-order valence-electron chi connectivity index (χ1n) is 9.83. The summed E-state index contributed by atoms with van der Waals surface area (Å²) in [5, 5.41) is 3.42. The van der Waals surface area contributed by atoms with Gasteiger partial charge in [0.25, 0.3) is 0 Å². The van der Waals surface area contributed by atoms with Gasteiger partial charge in [0.1, 0.15) is 5.82 Å². The van der Waals surface area contributed by atoms with Crippen LogP contribution in [-0.4, -0.2) is 37.2 Å². The summed E-state index contributed by atoms with van der Waals surface area (Å²) in [6.45, 7) is 2.77. The topological polar surface area (TPSA) is 50.8 Å². The summed E-state index contributed by atoms with van der Waals surface area (Å²) < 4.78 is 24.6. The van der Waals surface area contributed by atoms with Crippen LogP contribution in [0.15, 0.2) is 42.5 Å². The van der Waals surface area contributed by atoms with Crippen molar-refractivity contribution in [3.63, 3.8) is 0 Å². The number of aryl methyl sites for hydroxylation is 1. The van der Waals surface area contributed by atoms with Gasteiger partial charge in [0, 0.05) is 32.0 Å². The number of nitrogens with one attached hydrogen (secondary N) is 1. The quantitative estimate of drug-likeness (QED) is 0.827. The van der Waals surface area contributed by atoms with Crippen molar-refractivity contribution in [1.29, 1.82) is 0 Å². The van der Waals surface area contributed by atoms with E-state index in [0.29, 0.717) is 24.7 Å². The number of benzene rings is 2. The lowest BCUT2D eigenvalue weighted by molar-refractivity contribution is -0.132. The number of ether oxygens (including phenoxy) is 2. The minimum absolute atomic E-state index is 0. The molecule has 3 heterocycles. The molecule has 0 spiro atoms. The molecule has 2 fully saturated rings. The number of carbonyl (C=O) groups is 1. The lowest BCUT2D eigenvalue weighted by Gasteiger charge is -2.28. The number of carbonyl (C=O) groups excluding carboxylic acids is 1. The van der Waals surface area contributed by atoms with Gasteiger partial charge >= 0.3 is 0 Å². The molecule has 1 amide bonds. The van der Waals surface area contributed by atoms with E-state index in [1.807, 2.05) is 29.2 Å². The molecule has 2 saturated heterocycles. The van der Waals surface area contributed by atoms with Gasteiger partial charge in [-0.05, 0) is 47.7 Å². The maximum Gasteiger partial charge on any atom is 0.231 e. The van der Waals surface area contributed by atoms with E-state index in [4.69, 9.17) is 9.47 Å². The predicted molar refractivity (Wildman–Crippen MR) is 109 cm³/mol. The largest absolute Gasteiger partial charge is 0.454 e. The smallest absolute Gasteiger partial charge is 0.231 e. The zero-order valence-corrected chi connectivity index (χ0v) is 16.8. The average molecular weight is 419 g/mol. The van der Waals surface area contributed by atoms with Crippen LogP contribution in [-0.2, 0) is 11.2 Å². The molecular formula is C22H24ClFN2O3. The lowest BCUT2D eigenvalue weighted by Crippen LogP contribution is -2.34. The lowest BCUT2D eigenvalue weighted by atomic mass is 9.89. The van der Waals surface area contributed by atoms with E-state index in [9.17, 15) is 9.18 Å². The van der Waals surface area contributed by atoms with E-state index >= 15 is 0 Å². The first-order chi connectivity index (χ1) is 13.7. The molecule has 0 radical (unpaired) electrons. The Hall–Kier alpha value is -2.31. The van der Waals surface area contributed by atoms with Crippen molar-refractivity contribution in [2.45, 2.75) is 18.9 Å². The van der Waals surface area contributed by atoms with Crippen LogP contribution in [0.3, 0.4) is 0 Å². The summed E-state index contributed by atoms with van der Waals surface area (Å²) in [6.07, 6.45) is 1.08. The molecule has 1 N–H and O–H groups in total. The van der Waals surface area contributed by atoms with E-state index in [2.05, 4.69) is 5.32 Å². The zero-order chi connectivity index (χ0) is 19.1. The zero-order valence-electron chi connectivity index (χ0n) is 16.0. The summed E-state index contributed by atoms with van der Waals surface area (Å²) in [7, 11) is 0. The maximum absolute atomic E-state index is 13.8. The molecule has 3 aliphatic heterocycles. The molecule has 2 aromatic carbocycles. The highest BCUT2D eigenvalue weighted by molar-refractivity contribution is 5.85. The van der Waals surface area contributed by atoms with Gasteiger partial charge in [0.2, 0.25) is 12.7 Å². The molecule has 5 rings (SSSR count). The van der Waals surface area contributed by atoms with Gasteiger partial charge in [-0.25, -0.2) is 4.39 Å². The fourth-order valence-corrected chi connectivity index (χ4v) is 4.79. The Bertz CT molecular complexity index is 909. The summed E-state index contributed by atoms with van der Waals surface area (Å²) >= 11 is 0. The van der Waals surface area contributed by atoms with Gasteiger partial charge in [-0.15, -0.1) is 12.4 Å². The monoisotopic (exact) mass is 418 g/mol. The number of halogens is 2. The molecule has 7 heteroatoms. The minimum atomic E-state index is -0.250. The second-order valence-corrected chi connectivity index (χ2v) is 7.82. The standard InChI is InChI=1S/C22H23FN2O3.ClH/c23-17-3-1-2-15(9-17)22-18-11-24-10-16(18)12-25(22)21(26)7-5-14-4-6-19-20(8-14)28-13-27-19;/h1-4,6,8-9,16,18,22,24H,5,7,10-13H2;1H/t16-,18-,22+;/m0./s1. The Balaban J connectivity index is 0.00000205. The Morgan fingerprint density at radius 3 is 2.86 bits per heavy atom. The summed E-state index contributed by atoms with van der Waals surface area (Å²) in [5.74, 6) is 2.14. The normalized spacial score (nSPS) is 24.3. The number of fused-ring (bicyclic) bond motifs is 2. The number of rotatable bonds is 4. The molecular weight excluding hydrogens is 395 g/mol. The highest BCUT2D eigenvalue weighted by Gasteiger charge is 2.46. The molecule has 29 heavy (non-hydrogen) atoms. The third kappa shape index (κ3) is 3.79. The Morgan fingerprint density at radius 1 is 1.14 bits per heavy atom. The molecule has 0 bridgehead atoms. The molecule has 154 valence electrons. The fourth-order valence-electron chi connectivity index (χ4n) is 4.79. The van der Waals surface area contributed by atoms with Gasteiger partial charge in [-0.3, -0.25) is 4.79 Å². The second kappa shape index (κ2) is 8.20. The van der Waals surface area contributed by atoms with E-state index < -0.39 is 0 Å². The SMILES string of the molecule is Cl.O=C(CCc1ccc2c(c1)OCO2)N1C[C@@H]2CNC[C@@H]2[C@H]1c1cccc(F)c1. The van der Waals surface area contributed by atoms with Gasteiger partial charge in [0.05, 0.1) is 6.04 Å². The van der Waals surface area contributed by atoms with Crippen molar-refractivity contribution in [1.82, 2.24) is 10.2 Å². The van der Waals surface area contributed by atoms with Gasteiger partial charge in [-0.1, -0.05) is 18.2 Å².